The van der Waals surface area contributed by atoms with Crippen LogP contribution in [0.3, 0.4) is 0 Å². The summed E-state index contributed by atoms with van der Waals surface area (Å²) < 4.78 is 2.55. The van der Waals surface area contributed by atoms with Gasteiger partial charge in [-0.1, -0.05) is 19.4 Å². The van der Waals surface area contributed by atoms with Gasteiger partial charge in [0.1, 0.15) is 5.82 Å². The van der Waals surface area contributed by atoms with E-state index in [0.717, 1.165) is 5.82 Å². The first-order chi connectivity index (χ1) is 9.49. The molecule has 1 fully saturated rings. The van der Waals surface area contributed by atoms with Gasteiger partial charge >= 0.3 is 0 Å². The molecule has 1 aromatic heterocycles. The first kappa shape index (κ1) is 15.0. The highest BCUT2D eigenvalue weighted by Gasteiger charge is 2.23. The Morgan fingerprint density at radius 3 is 2.90 bits per heavy atom. The number of aromatic nitrogens is 3. The molecule has 110 valence electrons. The maximum Gasteiger partial charge on any atom is 0.243 e. The summed E-state index contributed by atoms with van der Waals surface area (Å²) in [4.78, 5) is 11.8. The molecular formula is C14H22N4OS. The van der Waals surface area contributed by atoms with Crippen molar-refractivity contribution in [3.63, 3.8) is 0 Å². The second-order valence-corrected chi connectivity index (χ2v) is 6.03. The number of aromatic amines is 1. The predicted octanol–water partition coefficient (Wildman–Crippen LogP) is 2.54. The van der Waals surface area contributed by atoms with Crippen molar-refractivity contribution in [2.45, 2.75) is 46.1 Å². The molecule has 0 bridgehead atoms. The van der Waals surface area contributed by atoms with E-state index in [0.29, 0.717) is 29.7 Å². The molecule has 1 amide bonds. The molecule has 1 heterocycles. The number of amides is 1. The Hall–Kier alpha value is -1.43. The average Bonchev–Trinajstić information content (AvgIpc) is 3.15. The molecule has 1 aliphatic rings. The Morgan fingerprint density at radius 1 is 1.60 bits per heavy atom. The van der Waals surface area contributed by atoms with Crippen LogP contribution < -0.4 is 5.32 Å². The normalized spacial score (nSPS) is 15.7. The number of allylic oxidation sites excluding steroid dienone is 1. The fraction of sp³-hybridized carbons (Fsp3) is 0.643. The highest BCUT2D eigenvalue weighted by molar-refractivity contribution is 7.71. The minimum atomic E-state index is -0.0180. The minimum Gasteiger partial charge on any atom is -0.351 e. The third kappa shape index (κ3) is 3.79. The average molecular weight is 294 g/mol. The fourth-order valence-electron chi connectivity index (χ4n) is 2.19. The Morgan fingerprint density at radius 2 is 2.30 bits per heavy atom. The third-order valence-corrected chi connectivity index (χ3v) is 3.83. The summed E-state index contributed by atoms with van der Waals surface area (Å²) in [7, 11) is 0. The number of carbonyl (C=O) groups is 1. The van der Waals surface area contributed by atoms with E-state index in [1.165, 1.54) is 18.4 Å². The van der Waals surface area contributed by atoms with Crippen LogP contribution in [-0.4, -0.2) is 27.2 Å². The number of hydrogen-bond acceptors (Lipinski definition) is 3. The van der Waals surface area contributed by atoms with E-state index in [9.17, 15) is 4.79 Å². The molecule has 0 atom stereocenters. The second-order valence-electron chi connectivity index (χ2n) is 5.65. The zero-order chi connectivity index (χ0) is 14.7. The Labute approximate surface area is 124 Å². The summed E-state index contributed by atoms with van der Waals surface area (Å²) in [5.74, 6) is 1.84. The number of nitrogens with one attached hydrogen (secondary N) is 2. The van der Waals surface area contributed by atoms with Crippen LogP contribution in [0, 0.1) is 10.7 Å². The predicted molar refractivity (Wildman–Crippen MR) is 81.0 cm³/mol. The van der Waals surface area contributed by atoms with Crippen LogP contribution in [0.1, 0.15) is 45.4 Å². The first-order valence-electron chi connectivity index (χ1n) is 7.10. The lowest BCUT2D eigenvalue weighted by Crippen LogP contribution is -2.26. The number of hydrogen-bond donors (Lipinski definition) is 2. The lowest BCUT2D eigenvalue weighted by molar-refractivity contribution is -0.116. The molecule has 5 nitrogen and oxygen atoms in total. The van der Waals surface area contributed by atoms with Gasteiger partial charge in [0.2, 0.25) is 5.91 Å². The smallest absolute Gasteiger partial charge is 0.243 e. The molecule has 1 aliphatic carbocycles. The Kier molecular flexibility index (Phi) is 4.75. The van der Waals surface area contributed by atoms with Crippen molar-refractivity contribution in [1.82, 2.24) is 20.1 Å². The van der Waals surface area contributed by atoms with E-state index >= 15 is 0 Å². The van der Waals surface area contributed by atoms with Crippen LogP contribution in [0.4, 0.5) is 0 Å². The van der Waals surface area contributed by atoms with Crippen molar-refractivity contribution < 1.29 is 4.79 Å². The van der Waals surface area contributed by atoms with Crippen LogP contribution in [-0.2, 0) is 11.3 Å². The lowest BCUT2D eigenvalue weighted by atomic mass is 10.2. The summed E-state index contributed by atoms with van der Waals surface area (Å²) in [6.07, 6.45) is 4.16. The maximum absolute atomic E-state index is 11.8. The summed E-state index contributed by atoms with van der Waals surface area (Å²) in [5.41, 5.74) is 1.19. The molecular weight excluding hydrogens is 272 g/mol. The zero-order valence-electron chi connectivity index (χ0n) is 12.3. The highest BCUT2D eigenvalue weighted by atomic mass is 32.1. The van der Waals surface area contributed by atoms with Gasteiger partial charge in [-0.3, -0.25) is 9.89 Å². The quantitative estimate of drug-likeness (QED) is 0.626. The molecule has 0 unspecified atom stereocenters. The summed E-state index contributed by atoms with van der Waals surface area (Å²) in [6.45, 7) is 7.37. The standard InChI is InChI=1S/C14H22N4OS/c1-9(2)13-16-17-14(20)18(13)7-6-15-12(19)8-10(3)11-4-5-11/h8-9,11H,4-7H2,1-3H3,(H,15,19)(H,17,20). The van der Waals surface area contributed by atoms with Gasteiger partial charge in [-0.2, -0.15) is 5.10 Å². The van der Waals surface area contributed by atoms with Gasteiger partial charge in [0.05, 0.1) is 0 Å². The summed E-state index contributed by atoms with van der Waals surface area (Å²) in [6, 6.07) is 0. The van der Waals surface area contributed by atoms with Gasteiger partial charge in [-0.05, 0) is 37.9 Å². The van der Waals surface area contributed by atoms with Crippen molar-refractivity contribution >= 4 is 18.1 Å². The van der Waals surface area contributed by atoms with E-state index < -0.39 is 0 Å². The summed E-state index contributed by atoms with van der Waals surface area (Å²) >= 11 is 5.20. The number of H-pyrrole nitrogens is 1. The molecule has 0 aromatic carbocycles. The van der Waals surface area contributed by atoms with E-state index in [4.69, 9.17) is 12.2 Å². The van der Waals surface area contributed by atoms with Gasteiger partial charge in [0.15, 0.2) is 4.77 Å². The van der Waals surface area contributed by atoms with E-state index in [2.05, 4.69) is 29.4 Å². The van der Waals surface area contributed by atoms with Crippen molar-refractivity contribution in [1.29, 1.82) is 0 Å². The van der Waals surface area contributed by atoms with Crippen molar-refractivity contribution in [3.8, 4) is 0 Å². The largest absolute Gasteiger partial charge is 0.351 e. The molecule has 2 rings (SSSR count). The molecule has 20 heavy (non-hydrogen) atoms. The van der Waals surface area contributed by atoms with Crippen molar-refractivity contribution in [3.05, 3.63) is 22.2 Å². The maximum atomic E-state index is 11.8. The van der Waals surface area contributed by atoms with Gasteiger partial charge in [-0.15, -0.1) is 0 Å². The van der Waals surface area contributed by atoms with E-state index in [-0.39, 0.29) is 5.91 Å². The van der Waals surface area contributed by atoms with Gasteiger partial charge in [-0.25, -0.2) is 0 Å². The molecule has 0 aliphatic heterocycles. The van der Waals surface area contributed by atoms with Gasteiger partial charge < -0.3 is 9.88 Å². The van der Waals surface area contributed by atoms with E-state index in [1.807, 2.05) is 11.5 Å². The van der Waals surface area contributed by atoms with Crippen LogP contribution in [0.2, 0.25) is 0 Å². The van der Waals surface area contributed by atoms with Crippen LogP contribution >= 0.6 is 12.2 Å². The Balaban J connectivity index is 1.87. The van der Waals surface area contributed by atoms with Crippen molar-refractivity contribution in [2.75, 3.05) is 6.54 Å². The second kappa shape index (κ2) is 6.35. The van der Waals surface area contributed by atoms with Gasteiger partial charge in [0.25, 0.3) is 0 Å². The van der Waals surface area contributed by atoms with Crippen molar-refractivity contribution in [2.24, 2.45) is 5.92 Å². The zero-order valence-corrected chi connectivity index (χ0v) is 13.1. The molecule has 2 N–H and O–H groups in total. The molecule has 0 spiro atoms. The topological polar surface area (TPSA) is 62.7 Å². The highest BCUT2D eigenvalue weighted by Crippen LogP contribution is 2.35. The lowest BCUT2D eigenvalue weighted by Gasteiger charge is -2.09. The molecule has 6 heteroatoms. The molecule has 1 saturated carbocycles. The fourth-order valence-corrected chi connectivity index (χ4v) is 2.42. The SMILES string of the molecule is CC(=CC(=O)NCCn1c(C(C)C)n[nH]c1=S)C1CC1. The molecule has 1 aromatic rings. The minimum absolute atomic E-state index is 0.0180. The number of rotatable bonds is 6. The van der Waals surface area contributed by atoms with E-state index in [1.54, 1.807) is 6.08 Å². The van der Waals surface area contributed by atoms with Gasteiger partial charge in [0, 0.05) is 25.1 Å². The van der Waals surface area contributed by atoms with Crippen LogP contribution in [0.25, 0.3) is 0 Å². The molecule has 0 radical (unpaired) electrons. The third-order valence-electron chi connectivity index (χ3n) is 3.52. The Bertz CT molecular complexity index is 566. The summed E-state index contributed by atoms with van der Waals surface area (Å²) in [5, 5.41) is 9.92. The van der Waals surface area contributed by atoms with Crippen LogP contribution in [0.5, 0.6) is 0 Å². The number of nitrogens with zero attached hydrogens (tertiary/aromatic N) is 2. The monoisotopic (exact) mass is 294 g/mol. The first-order valence-corrected chi connectivity index (χ1v) is 7.51. The molecule has 0 saturated heterocycles. The number of carbonyl (C=O) groups excluding carboxylic acids is 1. The van der Waals surface area contributed by atoms with Crippen LogP contribution in [0.15, 0.2) is 11.6 Å².